The van der Waals surface area contributed by atoms with Gasteiger partial charge in [-0.1, -0.05) is 260 Å². The van der Waals surface area contributed by atoms with Gasteiger partial charge in [0.25, 0.3) is 11.6 Å². The van der Waals surface area contributed by atoms with Crippen molar-refractivity contribution in [1.82, 2.24) is 15.5 Å². The highest BCUT2D eigenvalue weighted by atomic mass is 35.5. The maximum absolute atomic E-state index is 11.7. The highest BCUT2D eigenvalue weighted by Crippen LogP contribution is 2.27. The summed E-state index contributed by atoms with van der Waals surface area (Å²) in [7, 11) is 3.30. The molecule has 1 heterocycles. The number of carbonyl (C=O) groups is 2. The van der Waals surface area contributed by atoms with Gasteiger partial charge in [-0.15, -0.1) is 10.2 Å². The smallest absolute Gasteiger partial charge is 0.269 e. The molecule has 11 nitrogen and oxygen atoms in total. The van der Waals surface area contributed by atoms with Crippen LogP contribution in [0, 0.1) is 57.6 Å². The number of methoxy groups -OCH3 is 1. The fourth-order valence-electron chi connectivity index (χ4n) is 8.68. The number of carbonyl (C=O) groups excluding carboxylic acids is 2. The van der Waals surface area contributed by atoms with E-state index in [-0.39, 0.29) is 23.4 Å². The summed E-state index contributed by atoms with van der Waals surface area (Å²) in [5, 5.41) is 24.6. The molecule has 0 bridgehead atoms. The predicted octanol–water partition coefficient (Wildman–Crippen LogP) is 21.5. The van der Waals surface area contributed by atoms with Crippen molar-refractivity contribution in [2.24, 2.45) is 5.92 Å². The molecular formula is C83H84ClN5O6. The summed E-state index contributed by atoms with van der Waals surface area (Å²) in [4.78, 5) is 32.8. The second-order valence-electron chi connectivity index (χ2n) is 22.6. The molecule has 0 spiro atoms. The zero-order chi connectivity index (χ0) is 68.5. The van der Waals surface area contributed by atoms with Crippen molar-refractivity contribution in [2.75, 3.05) is 19.5 Å². The number of aryl methyl sites for hydroxylation is 7. The van der Waals surface area contributed by atoms with Crippen molar-refractivity contribution in [3.8, 4) is 62.0 Å². The topological polar surface area (TPSA) is 149 Å². The lowest BCUT2D eigenvalue weighted by Crippen LogP contribution is -2.17. The molecule has 0 fully saturated rings. The molecule has 12 aromatic rings. The Morgan fingerprint density at radius 3 is 1.22 bits per heavy atom. The van der Waals surface area contributed by atoms with Crippen molar-refractivity contribution >= 4 is 34.8 Å². The van der Waals surface area contributed by atoms with Gasteiger partial charge in [-0.2, -0.15) is 0 Å². The number of hydrogen-bond acceptors (Lipinski definition) is 8. The Kier molecular flexibility index (Phi) is 29.8. The molecule has 12 rings (SSSR count). The number of nitrogens with one attached hydrogen (secondary N) is 2. The molecule has 2 N–H and O–H groups in total. The van der Waals surface area contributed by atoms with Gasteiger partial charge < -0.3 is 19.8 Å². The second-order valence-corrected chi connectivity index (χ2v) is 23.0. The van der Waals surface area contributed by atoms with Crippen LogP contribution in [-0.4, -0.2) is 41.1 Å². The SMILES string of the molecule is CCc1ccc(-c2ccccc2)cc1.CNC(=O)c1ccc(-c2ccccc2)cc1.COc1ccc(C)cc1.Cc1ccc(-c2cccc(NC(=O)C(C)C)c2)cc1.Cc1ccc(-c2nnc(-c3ccc(C)cc3)o2)cc1.Cc1ccc(Cl)cc1.Cc1ccc([N+](=O)[O-])cc1. The van der Waals surface area contributed by atoms with Crippen LogP contribution in [0.5, 0.6) is 5.75 Å². The van der Waals surface area contributed by atoms with Crippen molar-refractivity contribution in [1.29, 1.82) is 0 Å². The average molecular weight is 1280 g/mol. The first-order valence-electron chi connectivity index (χ1n) is 31.3. The van der Waals surface area contributed by atoms with E-state index in [1.807, 2.05) is 191 Å². The Balaban J connectivity index is 0.000000179. The monoisotopic (exact) mass is 1280 g/mol. The largest absolute Gasteiger partial charge is 0.497 e. The van der Waals surface area contributed by atoms with E-state index in [4.69, 9.17) is 20.8 Å². The molecule has 0 saturated carbocycles. The van der Waals surface area contributed by atoms with Gasteiger partial charge in [0.15, 0.2) is 0 Å². The molecule has 1 aromatic heterocycles. The summed E-state index contributed by atoms with van der Waals surface area (Å²) < 4.78 is 10.7. The third-order valence-corrected chi connectivity index (χ3v) is 14.8. The molecule has 0 atom stereocenters. The van der Waals surface area contributed by atoms with E-state index in [1.165, 1.54) is 56.6 Å². The quantitative estimate of drug-likeness (QED) is 0.0960. The van der Waals surface area contributed by atoms with E-state index < -0.39 is 4.92 Å². The van der Waals surface area contributed by atoms with Gasteiger partial charge in [0.2, 0.25) is 17.7 Å². The van der Waals surface area contributed by atoms with Crippen LogP contribution in [0.4, 0.5) is 11.4 Å². The third kappa shape index (κ3) is 25.5. The Hall–Kier alpha value is -11.0. The van der Waals surface area contributed by atoms with E-state index in [0.717, 1.165) is 61.8 Å². The van der Waals surface area contributed by atoms with Gasteiger partial charge in [-0.3, -0.25) is 19.7 Å². The zero-order valence-corrected chi connectivity index (χ0v) is 56.8. The van der Waals surface area contributed by atoms with Crippen molar-refractivity contribution in [3.63, 3.8) is 0 Å². The molecule has 12 heteroatoms. The van der Waals surface area contributed by atoms with Crippen LogP contribution >= 0.6 is 11.6 Å². The van der Waals surface area contributed by atoms with Gasteiger partial charge in [-0.05, 0) is 160 Å². The molecule has 0 aliphatic heterocycles. The number of nitrogens with zero attached hydrogens (tertiary/aromatic N) is 3. The van der Waals surface area contributed by atoms with E-state index in [1.54, 1.807) is 26.3 Å². The number of hydrogen-bond donors (Lipinski definition) is 2. The lowest BCUT2D eigenvalue weighted by atomic mass is 10.0. The van der Waals surface area contributed by atoms with Crippen LogP contribution in [0.15, 0.2) is 283 Å². The fraction of sp³-hybridized carbons (Fsp3) is 0.157. The van der Waals surface area contributed by atoms with Crippen molar-refractivity contribution < 1.29 is 23.7 Å². The van der Waals surface area contributed by atoms with E-state index >= 15 is 0 Å². The third-order valence-electron chi connectivity index (χ3n) is 14.5. The number of ether oxygens (including phenoxy) is 1. The first-order chi connectivity index (χ1) is 45.8. The maximum atomic E-state index is 11.7. The minimum atomic E-state index is -0.403. The average Bonchev–Trinajstić information content (AvgIpc) is 1.85. The minimum absolute atomic E-state index is 0.0111. The molecule has 2 amide bonds. The van der Waals surface area contributed by atoms with Gasteiger partial charge >= 0.3 is 0 Å². The highest BCUT2D eigenvalue weighted by molar-refractivity contribution is 6.30. The fourth-order valence-corrected chi connectivity index (χ4v) is 8.81. The first kappa shape index (κ1) is 73.0. The summed E-state index contributed by atoms with van der Waals surface area (Å²) in [5.74, 6) is 2.00. The Morgan fingerprint density at radius 2 is 0.832 bits per heavy atom. The lowest BCUT2D eigenvalue weighted by molar-refractivity contribution is -0.384. The minimum Gasteiger partial charge on any atom is -0.497 e. The van der Waals surface area contributed by atoms with Gasteiger partial charge in [0, 0.05) is 52.5 Å². The molecule has 0 aliphatic carbocycles. The number of amides is 2. The summed E-state index contributed by atoms with van der Waals surface area (Å²) in [6.45, 7) is 18.1. The predicted molar refractivity (Wildman–Crippen MR) is 393 cm³/mol. The molecule has 0 aliphatic rings. The normalized spacial score (nSPS) is 9.99. The molecule has 0 saturated heterocycles. The molecule has 0 radical (unpaired) electrons. The Morgan fingerprint density at radius 1 is 0.474 bits per heavy atom. The standard InChI is InChI=1S/C17H19NO.C16H14N2O.C14H13NO.C14H14.C8H10O.C7H7Cl.C7H7NO2/c1-12(2)17(19)18-16-6-4-5-15(11-16)14-9-7-13(3)8-10-14;1-11-3-7-13(8-4-11)15-17-18-16(19-15)14-9-5-12(2)6-10-14;1-15-14(16)13-9-7-12(8-10-13)11-5-3-2-4-6-11;1-2-12-8-10-14(11-9-12)13-6-4-3-5-7-13;1-7-3-5-8(9-2)6-4-7;1-6-2-4-7(8)5-3-6;1-6-2-4-7(5-3-6)8(9)10/h4-12H,1-3H3,(H,18,19);3-10H,1-2H3;2-10H,1H3,(H,15,16);3-11H,2H2,1H3;3-6H,1-2H3;2-5H,1H3;2-5H,1H3. The van der Waals surface area contributed by atoms with Gasteiger partial charge in [0.1, 0.15) is 5.75 Å². The summed E-state index contributed by atoms with van der Waals surface area (Å²) >= 11 is 5.61. The first-order valence-corrected chi connectivity index (χ1v) is 31.7. The van der Waals surface area contributed by atoms with Gasteiger partial charge in [-0.25, -0.2) is 0 Å². The van der Waals surface area contributed by atoms with Crippen LogP contribution in [0.3, 0.4) is 0 Å². The number of benzene rings is 11. The number of rotatable bonds is 11. The van der Waals surface area contributed by atoms with Crippen LogP contribution < -0.4 is 15.4 Å². The van der Waals surface area contributed by atoms with Crippen molar-refractivity contribution in [3.05, 3.63) is 339 Å². The lowest BCUT2D eigenvalue weighted by Gasteiger charge is -2.09. The van der Waals surface area contributed by atoms with Crippen molar-refractivity contribution in [2.45, 2.75) is 68.7 Å². The zero-order valence-electron chi connectivity index (χ0n) is 56.0. The van der Waals surface area contributed by atoms with E-state index in [0.29, 0.717) is 17.3 Å². The van der Waals surface area contributed by atoms with Gasteiger partial charge in [0.05, 0.1) is 12.0 Å². The van der Waals surface area contributed by atoms with Crippen LogP contribution in [0.2, 0.25) is 5.02 Å². The Labute approximate surface area is 565 Å². The summed E-state index contributed by atoms with van der Waals surface area (Å²) in [6, 6.07) is 91.5. The summed E-state index contributed by atoms with van der Waals surface area (Å²) in [6.07, 6.45) is 1.11. The number of aromatic nitrogens is 2. The maximum Gasteiger partial charge on any atom is 0.269 e. The molecule has 95 heavy (non-hydrogen) atoms. The number of anilines is 1. The molecular weight excluding hydrogens is 1200 g/mol. The van der Waals surface area contributed by atoms with Crippen LogP contribution in [0.1, 0.15) is 70.1 Å². The second kappa shape index (κ2) is 38.7. The van der Waals surface area contributed by atoms with Crippen LogP contribution in [-0.2, 0) is 11.2 Å². The number of nitro benzene ring substituents is 1. The Bertz CT molecular complexity index is 4120. The number of halogens is 1. The van der Waals surface area contributed by atoms with E-state index in [9.17, 15) is 19.7 Å². The molecule has 0 unspecified atom stereocenters. The molecule has 484 valence electrons. The van der Waals surface area contributed by atoms with Crippen LogP contribution in [0.25, 0.3) is 56.3 Å². The highest BCUT2D eigenvalue weighted by Gasteiger charge is 2.11. The summed E-state index contributed by atoms with van der Waals surface area (Å²) in [5.41, 5.74) is 19.3. The number of nitro groups is 1. The molecule has 11 aromatic carbocycles. The van der Waals surface area contributed by atoms with E-state index in [2.05, 4.69) is 146 Å². The number of non-ortho nitro benzene ring substituents is 1.